The van der Waals surface area contributed by atoms with Crippen LogP contribution in [0.1, 0.15) is 37.3 Å². The van der Waals surface area contributed by atoms with E-state index in [2.05, 4.69) is 11.9 Å². The number of rotatable bonds is 1. The fourth-order valence-corrected chi connectivity index (χ4v) is 2.61. The predicted octanol–water partition coefficient (Wildman–Crippen LogP) is 1.98. The first-order valence-corrected chi connectivity index (χ1v) is 5.26. The number of hydrogen-bond donors (Lipinski definition) is 1. The van der Waals surface area contributed by atoms with E-state index in [-0.39, 0.29) is 5.41 Å². The molecule has 1 unspecified atom stereocenters. The second-order valence-corrected chi connectivity index (χ2v) is 4.66. The van der Waals surface area contributed by atoms with Crippen LogP contribution in [-0.2, 0) is 10.2 Å². The second kappa shape index (κ2) is 3.33. The normalized spacial score (nSPS) is 25.9. The highest BCUT2D eigenvalue weighted by Gasteiger charge is 2.38. The second-order valence-electron chi connectivity index (χ2n) is 4.66. The summed E-state index contributed by atoms with van der Waals surface area (Å²) in [5, 5.41) is 0. The zero-order valence-corrected chi connectivity index (χ0v) is 9.21. The maximum Gasteiger partial charge on any atom is 0.133 e. The summed E-state index contributed by atoms with van der Waals surface area (Å²) in [5.74, 6) is 0.910. The van der Waals surface area contributed by atoms with Gasteiger partial charge in [0.1, 0.15) is 11.6 Å². The standard InChI is InChI=1S/C12H16N2O/c1-8-4-6-14-11(13)10(8)12(2)5-3-9(15)7-12/h4,6H,3,5,7H2,1-2H3,(H2,13,14). The van der Waals surface area contributed by atoms with Crippen LogP contribution >= 0.6 is 0 Å². The molecule has 0 saturated heterocycles. The molecule has 1 aliphatic carbocycles. The minimum absolute atomic E-state index is 0.0977. The summed E-state index contributed by atoms with van der Waals surface area (Å²) < 4.78 is 0. The molecular weight excluding hydrogens is 188 g/mol. The Kier molecular flexibility index (Phi) is 2.25. The van der Waals surface area contributed by atoms with Gasteiger partial charge in [-0.2, -0.15) is 0 Å². The van der Waals surface area contributed by atoms with Gasteiger partial charge in [-0.15, -0.1) is 0 Å². The molecule has 0 amide bonds. The third-order valence-electron chi connectivity index (χ3n) is 3.34. The van der Waals surface area contributed by atoms with Crippen molar-refractivity contribution in [3.63, 3.8) is 0 Å². The Labute approximate surface area is 89.7 Å². The van der Waals surface area contributed by atoms with Crippen molar-refractivity contribution >= 4 is 11.6 Å². The number of aromatic nitrogens is 1. The average molecular weight is 204 g/mol. The summed E-state index contributed by atoms with van der Waals surface area (Å²) in [7, 11) is 0. The maximum atomic E-state index is 11.4. The van der Waals surface area contributed by atoms with Crippen LogP contribution in [0.3, 0.4) is 0 Å². The van der Waals surface area contributed by atoms with Crippen molar-refractivity contribution in [1.82, 2.24) is 4.98 Å². The Hall–Kier alpha value is -1.38. The first kappa shape index (κ1) is 10.1. The average Bonchev–Trinajstić information content (AvgIpc) is 2.46. The number of carbonyl (C=O) groups excluding carboxylic acids is 1. The minimum Gasteiger partial charge on any atom is -0.383 e. The lowest BCUT2D eigenvalue weighted by Gasteiger charge is -2.26. The monoisotopic (exact) mass is 204 g/mol. The Bertz CT molecular complexity index is 394. The van der Waals surface area contributed by atoms with E-state index in [1.165, 1.54) is 0 Å². The fourth-order valence-electron chi connectivity index (χ4n) is 2.61. The Morgan fingerprint density at radius 2 is 2.27 bits per heavy atom. The number of nitrogen functional groups attached to an aromatic ring is 1. The fraction of sp³-hybridized carbons (Fsp3) is 0.500. The topological polar surface area (TPSA) is 56.0 Å². The Morgan fingerprint density at radius 3 is 2.80 bits per heavy atom. The van der Waals surface area contributed by atoms with Crippen LogP contribution in [0.5, 0.6) is 0 Å². The number of anilines is 1. The quantitative estimate of drug-likeness (QED) is 0.761. The number of hydrogen-bond acceptors (Lipinski definition) is 3. The molecule has 80 valence electrons. The number of carbonyl (C=O) groups is 1. The molecule has 1 aromatic rings. The van der Waals surface area contributed by atoms with Crippen molar-refractivity contribution in [2.75, 3.05) is 5.73 Å². The molecular formula is C12H16N2O. The third-order valence-corrected chi connectivity index (χ3v) is 3.34. The third kappa shape index (κ3) is 1.62. The number of aryl methyl sites for hydroxylation is 1. The number of Topliss-reactive ketones (excluding diaryl/α,β-unsaturated/α-hetero) is 1. The van der Waals surface area contributed by atoms with E-state index in [0.717, 1.165) is 17.5 Å². The molecule has 3 nitrogen and oxygen atoms in total. The number of pyridine rings is 1. The SMILES string of the molecule is Cc1ccnc(N)c1C1(C)CCC(=O)C1. The number of ketones is 1. The molecule has 1 heterocycles. The Balaban J connectivity index is 2.49. The number of nitrogens with two attached hydrogens (primary N) is 1. The summed E-state index contributed by atoms with van der Waals surface area (Å²) in [5.41, 5.74) is 8.02. The van der Waals surface area contributed by atoms with E-state index in [1.54, 1.807) is 6.20 Å². The van der Waals surface area contributed by atoms with Crippen molar-refractivity contribution in [2.45, 2.75) is 38.5 Å². The molecule has 1 saturated carbocycles. The summed E-state index contributed by atoms with van der Waals surface area (Å²) in [6.07, 6.45) is 3.88. The van der Waals surface area contributed by atoms with E-state index in [0.29, 0.717) is 24.4 Å². The van der Waals surface area contributed by atoms with Crippen molar-refractivity contribution in [3.05, 3.63) is 23.4 Å². The molecule has 0 bridgehead atoms. The van der Waals surface area contributed by atoms with Gasteiger partial charge in [-0.1, -0.05) is 6.92 Å². The molecule has 1 aliphatic rings. The van der Waals surface area contributed by atoms with Crippen LogP contribution in [0.2, 0.25) is 0 Å². The van der Waals surface area contributed by atoms with Crippen LogP contribution in [0.25, 0.3) is 0 Å². The van der Waals surface area contributed by atoms with Gasteiger partial charge in [-0.25, -0.2) is 4.98 Å². The predicted molar refractivity (Wildman–Crippen MR) is 59.6 cm³/mol. The molecule has 0 aromatic carbocycles. The highest BCUT2D eigenvalue weighted by atomic mass is 16.1. The van der Waals surface area contributed by atoms with Crippen LogP contribution in [-0.4, -0.2) is 10.8 Å². The highest BCUT2D eigenvalue weighted by molar-refractivity contribution is 5.83. The minimum atomic E-state index is -0.0977. The van der Waals surface area contributed by atoms with Crippen LogP contribution in [0.15, 0.2) is 12.3 Å². The van der Waals surface area contributed by atoms with Gasteiger partial charge in [-0.05, 0) is 25.0 Å². The van der Waals surface area contributed by atoms with Crippen molar-refractivity contribution in [1.29, 1.82) is 0 Å². The van der Waals surface area contributed by atoms with E-state index >= 15 is 0 Å². The van der Waals surface area contributed by atoms with Gasteiger partial charge in [0, 0.05) is 30.0 Å². The smallest absolute Gasteiger partial charge is 0.133 e. The lowest BCUT2D eigenvalue weighted by Crippen LogP contribution is -2.21. The van der Waals surface area contributed by atoms with Gasteiger partial charge >= 0.3 is 0 Å². The Morgan fingerprint density at radius 1 is 1.53 bits per heavy atom. The van der Waals surface area contributed by atoms with Crippen LogP contribution < -0.4 is 5.73 Å². The zero-order chi connectivity index (χ0) is 11.1. The van der Waals surface area contributed by atoms with E-state index in [4.69, 9.17) is 5.73 Å². The lowest BCUT2D eigenvalue weighted by molar-refractivity contribution is -0.117. The molecule has 0 spiro atoms. The molecule has 2 N–H and O–H groups in total. The van der Waals surface area contributed by atoms with Crippen LogP contribution in [0, 0.1) is 6.92 Å². The van der Waals surface area contributed by atoms with E-state index < -0.39 is 0 Å². The molecule has 3 heteroatoms. The van der Waals surface area contributed by atoms with E-state index in [1.807, 2.05) is 13.0 Å². The summed E-state index contributed by atoms with van der Waals surface area (Å²) in [6, 6.07) is 1.96. The first-order chi connectivity index (χ1) is 7.03. The maximum absolute atomic E-state index is 11.4. The largest absolute Gasteiger partial charge is 0.383 e. The molecule has 1 aromatic heterocycles. The molecule has 2 rings (SSSR count). The van der Waals surface area contributed by atoms with Gasteiger partial charge in [0.15, 0.2) is 0 Å². The van der Waals surface area contributed by atoms with Crippen molar-refractivity contribution < 1.29 is 4.79 Å². The van der Waals surface area contributed by atoms with Gasteiger partial charge < -0.3 is 5.73 Å². The van der Waals surface area contributed by atoms with E-state index in [9.17, 15) is 4.79 Å². The van der Waals surface area contributed by atoms with Crippen molar-refractivity contribution in [2.24, 2.45) is 0 Å². The molecule has 1 atom stereocenters. The summed E-state index contributed by atoms with van der Waals surface area (Å²) in [4.78, 5) is 15.5. The summed E-state index contributed by atoms with van der Waals surface area (Å²) >= 11 is 0. The van der Waals surface area contributed by atoms with Crippen LogP contribution in [0.4, 0.5) is 5.82 Å². The molecule has 1 fully saturated rings. The molecule has 0 aliphatic heterocycles. The molecule has 0 radical (unpaired) electrons. The van der Waals surface area contributed by atoms with Gasteiger partial charge in [0.05, 0.1) is 0 Å². The first-order valence-electron chi connectivity index (χ1n) is 5.26. The van der Waals surface area contributed by atoms with Crippen molar-refractivity contribution in [3.8, 4) is 0 Å². The van der Waals surface area contributed by atoms with Gasteiger partial charge in [-0.3, -0.25) is 4.79 Å². The summed E-state index contributed by atoms with van der Waals surface area (Å²) in [6.45, 7) is 4.14. The lowest BCUT2D eigenvalue weighted by atomic mass is 9.79. The van der Waals surface area contributed by atoms with Gasteiger partial charge in [0.2, 0.25) is 0 Å². The zero-order valence-electron chi connectivity index (χ0n) is 9.21. The highest BCUT2D eigenvalue weighted by Crippen LogP contribution is 2.42. The molecule has 15 heavy (non-hydrogen) atoms. The van der Waals surface area contributed by atoms with Gasteiger partial charge in [0.25, 0.3) is 0 Å². The number of nitrogens with zero attached hydrogens (tertiary/aromatic N) is 1.